The van der Waals surface area contributed by atoms with Crippen molar-refractivity contribution < 1.29 is 4.79 Å². The lowest BCUT2D eigenvalue weighted by atomic mass is 9.75. The summed E-state index contributed by atoms with van der Waals surface area (Å²) < 4.78 is 0. The molecular weight excluding hydrogens is 209 g/mol. The minimum Gasteiger partial charge on any atom is -0.211 e. The van der Waals surface area contributed by atoms with Gasteiger partial charge in [-0.15, -0.1) is 23.2 Å². The van der Waals surface area contributed by atoms with E-state index in [0.717, 1.165) is 25.7 Å². The van der Waals surface area contributed by atoms with E-state index in [1.807, 2.05) is 0 Å². The summed E-state index contributed by atoms with van der Waals surface area (Å²) in [6.07, 6.45) is 6.98. The fraction of sp³-hybridized carbons (Fsp3) is 0.889. The Morgan fingerprint density at radius 2 is 1.92 bits per heavy atom. The lowest BCUT2D eigenvalue weighted by Crippen LogP contribution is -2.33. The summed E-state index contributed by atoms with van der Waals surface area (Å²) in [5.74, 6) is 0. The van der Waals surface area contributed by atoms with Gasteiger partial charge in [0.2, 0.25) is 6.08 Å². The molecule has 1 aliphatic carbocycles. The topological polar surface area (TPSA) is 29.4 Å². The van der Waals surface area contributed by atoms with Gasteiger partial charge in [0.1, 0.15) is 4.84 Å². The van der Waals surface area contributed by atoms with Crippen LogP contribution in [-0.4, -0.2) is 17.5 Å². The second-order valence-electron chi connectivity index (χ2n) is 3.63. The first-order valence-electron chi connectivity index (χ1n) is 4.53. The van der Waals surface area contributed by atoms with Crippen molar-refractivity contribution in [2.24, 2.45) is 10.4 Å². The van der Waals surface area contributed by atoms with E-state index < -0.39 is 4.84 Å². The highest BCUT2D eigenvalue weighted by molar-refractivity contribution is 6.44. The molecule has 0 aromatic carbocycles. The van der Waals surface area contributed by atoms with E-state index in [-0.39, 0.29) is 5.41 Å². The SMILES string of the molecule is O=C=NCC1(C(Cl)Cl)CCCCC1. The number of hydrogen-bond acceptors (Lipinski definition) is 2. The van der Waals surface area contributed by atoms with Crippen molar-refractivity contribution in [3.05, 3.63) is 0 Å². The summed E-state index contributed by atoms with van der Waals surface area (Å²) in [6, 6.07) is 0. The second kappa shape index (κ2) is 4.99. The molecule has 0 radical (unpaired) electrons. The van der Waals surface area contributed by atoms with Crippen molar-refractivity contribution in [1.82, 2.24) is 0 Å². The normalized spacial score (nSPS) is 21.2. The molecule has 1 rings (SSSR count). The molecule has 0 atom stereocenters. The summed E-state index contributed by atoms with van der Waals surface area (Å²) in [5.41, 5.74) is -0.168. The highest BCUT2D eigenvalue weighted by atomic mass is 35.5. The van der Waals surface area contributed by atoms with Gasteiger partial charge in [0.25, 0.3) is 0 Å². The molecular formula is C9H13Cl2NO. The van der Waals surface area contributed by atoms with Crippen molar-refractivity contribution in [1.29, 1.82) is 0 Å². The fourth-order valence-electron chi connectivity index (χ4n) is 1.89. The molecule has 0 spiro atoms. The van der Waals surface area contributed by atoms with Crippen LogP contribution in [0, 0.1) is 5.41 Å². The van der Waals surface area contributed by atoms with Crippen LogP contribution in [0.1, 0.15) is 32.1 Å². The third kappa shape index (κ3) is 2.70. The Labute approximate surface area is 88.3 Å². The van der Waals surface area contributed by atoms with Crippen LogP contribution >= 0.6 is 23.2 Å². The van der Waals surface area contributed by atoms with Crippen LogP contribution in [0.2, 0.25) is 0 Å². The summed E-state index contributed by atoms with van der Waals surface area (Å²) in [5, 5.41) is 0. The molecule has 4 heteroatoms. The lowest BCUT2D eigenvalue weighted by Gasteiger charge is -2.36. The van der Waals surface area contributed by atoms with E-state index in [1.165, 1.54) is 6.42 Å². The quantitative estimate of drug-likeness (QED) is 0.410. The number of nitrogens with zero attached hydrogens (tertiary/aromatic N) is 1. The zero-order valence-electron chi connectivity index (χ0n) is 7.43. The smallest absolute Gasteiger partial charge is 0.211 e. The Hall–Kier alpha value is -0.0400. The van der Waals surface area contributed by atoms with E-state index in [2.05, 4.69) is 4.99 Å². The maximum absolute atomic E-state index is 10.0. The summed E-state index contributed by atoms with van der Waals surface area (Å²) in [4.78, 5) is 13.2. The standard InChI is InChI=1S/C9H13Cl2NO/c10-8(11)9(6-12-7-13)4-2-1-3-5-9/h8H,1-6H2. The number of alkyl halides is 2. The summed E-state index contributed by atoms with van der Waals surface area (Å²) in [6.45, 7) is 0.425. The average Bonchev–Trinajstić information content (AvgIpc) is 2.16. The third-order valence-corrected chi connectivity index (χ3v) is 3.70. The minimum absolute atomic E-state index is 0.168. The van der Waals surface area contributed by atoms with Gasteiger partial charge in [-0.2, -0.15) is 0 Å². The molecule has 0 heterocycles. The Morgan fingerprint density at radius 1 is 1.31 bits per heavy atom. The molecule has 0 N–H and O–H groups in total. The first-order valence-corrected chi connectivity index (χ1v) is 5.40. The number of rotatable bonds is 3. The van der Waals surface area contributed by atoms with Crippen LogP contribution in [0.3, 0.4) is 0 Å². The van der Waals surface area contributed by atoms with Crippen LogP contribution in [0.5, 0.6) is 0 Å². The Balaban J connectivity index is 2.66. The van der Waals surface area contributed by atoms with E-state index >= 15 is 0 Å². The van der Waals surface area contributed by atoms with Gasteiger partial charge in [0, 0.05) is 5.41 Å². The maximum atomic E-state index is 10.0. The molecule has 1 saturated carbocycles. The first-order chi connectivity index (χ1) is 6.21. The van der Waals surface area contributed by atoms with Gasteiger partial charge in [-0.25, -0.2) is 9.79 Å². The van der Waals surface area contributed by atoms with Crippen molar-refractivity contribution in [2.75, 3.05) is 6.54 Å². The largest absolute Gasteiger partial charge is 0.234 e. The number of isocyanates is 1. The molecule has 0 aromatic rings. The molecule has 0 aliphatic heterocycles. The third-order valence-electron chi connectivity index (χ3n) is 2.77. The molecule has 0 aromatic heterocycles. The Bertz CT molecular complexity index is 206. The molecule has 2 nitrogen and oxygen atoms in total. The van der Waals surface area contributed by atoms with E-state index in [1.54, 1.807) is 6.08 Å². The first kappa shape index (κ1) is 11.0. The van der Waals surface area contributed by atoms with E-state index in [4.69, 9.17) is 23.2 Å². The van der Waals surface area contributed by atoms with Gasteiger partial charge in [0.05, 0.1) is 6.54 Å². The predicted molar refractivity (Wildman–Crippen MR) is 54.0 cm³/mol. The zero-order valence-corrected chi connectivity index (χ0v) is 8.94. The number of halogens is 2. The van der Waals surface area contributed by atoms with Gasteiger partial charge in [0.15, 0.2) is 0 Å². The second-order valence-corrected chi connectivity index (χ2v) is 4.73. The van der Waals surface area contributed by atoms with E-state index in [0.29, 0.717) is 6.54 Å². The van der Waals surface area contributed by atoms with Crippen LogP contribution in [0.4, 0.5) is 0 Å². The molecule has 0 saturated heterocycles. The lowest BCUT2D eigenvalue weighted by molar-refractivity contribution is 0.218. The Morgan fingerprint density at radius 3 is 2.38 bits per heavy atom. The molecule has 0 amide bonds. The van der Waals surface area contributed by atoms with Crippen molar-refractivity contribution in [3.8, 4) is 0 Å². The Kier molecular flexibility index (Phi) is 4.24. The number of carbonyl (C=O) groups excluding carboxylic acids is 1. The van der Waals surface area contributed by atoms with Crippen LogP contribution in [0.15, 0.2) is 4.99 Å². The van der Waals surface area contributed by atoms with Gasteiger partial charge in [-0.1, -0.05) is 19.3 Å². The zero-order chi connectivity index (χ0) is 9.73. The monoisotopic (exact) mass is 221 g/mol. The van der Waals surface area contributed by atoms with Crippen molar-refractivity contribution >= 4 is 29.3 Å². The highest BCUT2D eigenvalue weighted by Gasteiger charge is 2.37. The van der Waals surface area contributed by atoms with Gasteiger partial charge >= 0.3 is 0 Å². The van der Waals surface area contributed by atoms with Gasteiger partial charge in [-0.3, -0.25) is 0 Å². The van der Waals surface area contributed by atoms with Gasteiger partial charge in [-0.05, 0) is 12.8 Å². The van der Waals surface area contributed by atoms with Crippen LogP contribution < -0.4 is 0 Å². The minimum atomic E-state index is -0.426. The molecule has 1 aliphatic rings. The molecule has 0 bridgehead atoms. The molecule has 74 valence electrons. The molecule has 0 unspecified atom stereocenters. The van der Waals surface area contributed by atoms with Crippen LogP contribution in [0.25, 0.3) is 0 Å². The maximum Gasteiger partial charge on any atom is 0.234 e. The fourth-order valence-corrected chi connectivity index (χ4v) is 2.47. The predicted octanol–water partition coefficient (Wildman–Crippen LogP) is 3.08. The highest BCUT2D eigenvalue weighted by Crippen LogP contribution is 2.43. The van der Waals surface area contributed by atoms with Crippen molar-refractivity contribution in [3.63, 3.8) is 0 Å². The summed E-state index contributed by atoms with van der Waals surface area (Å²) >= 11 is 11.8. The van der Waals surface area contributed by atoms with Gasteiger partial charge < -0.3 is 0 Å². The average molecular weight is 222 g/mol. The van der Waals surface area contributed by atoms with Crippen LogP contribution in [-0.2, 0) is 4.79 Å². The van der Waals surface area contributed by atoms with E-state index in [9.17, 15) is 4.79 Å². The molecule has 1 fully saturated rings. The summed E-state index contributed by atoms with van der Waals surface area (Å²) in [7, 11) is 0. The van der Waals surface area contributed by atoms with Crippen molar-refractivity contribution in [2.45, 2.75) is 36.9 Å². The number of aliphatic imine (C=N–C) groups is 1. The number of hydrogen-bond donors (Lipinski definition) is 0. The molecule has 13 heavy (non-hydrogen) atoms.